The third-order valence-electron chi connectivity index (χ3n) is 4.35. The lowest BCUT2D eigenvalue weighted by atomic mass is 10.2. The maximum absolute atomic E-state index is 12.5. The molecule has 1 aliphatic rings. The molecule has 0 saturated carbocycles. The molecule has 1 amide bonds. The lowest BCUT2D eigenvalue weighted by molar-refractivity contribution is -0.192. The second-order valence-corrected chi connectivity index (χ2v) is 6.67. The van der Waals surface area contributed by atoms with Crippen molar-refractivity contribution >= 4 is 17.8 Å². The van der Waals surface area contributed by atoms with E-state index in [9.17, 15) is 22.8 Å². The zero-order valence-electron chi connectivity index (χ0n) is 17.1. The van der Waals surface area contributed by atoms with Crippen LogP contribution in [0, 0.1) is 6.92 Å². The summed E-state index contributed by atoms with van der Waals surface area (Å²) in [6.45, 7) is 4.70. The quantitative estimate of drug-likeness (QED) is 0.637. The number of aromatic nitrogens is 3. The summed E-state index contributed by atoms with van der Waals surface area (Å²) in [4.78, 5) is 35.1. The molecule has 2 heterocycles. The van der Waals surface area contributed by atoms with Crippen LogP contribution in [0.25, 0.3) is 0 Å². The molecular formula is C19H22F3N5O5. The molecule has 1 aliphatic heterocycles. The Labute approximate surface area is 180 Å². The number of rotatable bonds is 5. The van der Waals surface area contributed by atoms with Gasteiger partial charge in [0.25, 0.3) is 5.91 Å². The van der Waals surface area contributed by atoms with Gasteiger partial charge in [0.2, 0.25) is 0 Å². The highest BCUT2D eigenvalue weighted by atomic mass is 19.4. The highest BCUT2D eigenvalue weighted by molar-refractivity contribution is 5.93. The van der Waals surface area contributed by atoms with Gasteiger partial charge in [0.1, 0.15) is 13.2 Å². The maximum atomic E-state index is 12.5. The molecule has 0 spiro atoms. The fourth-order valence-electron chi connectivity index (χ4n) is 2.63. The fraction of sp³-hybridized carbons (Fsp3) is 0.421. The highest BCUT2D eigenvalue weighted by Gasteiger charge is 2.38. The van der Waals surface area contributed by atoms with E-state index in [-0.39, 0.29) is 24.8 Å². The van der Waals surface area contributed by atoms with Gasteiger partial charge in [0.05, 0.1) is 5.69 Å². The number of carbonyl (C=O) groups excluding carboxylic acids is 2. The summed E-state index contributed by atoms with van der Waals surface area (Å²) in [5.74, 6) is -3.33. The first kappa shape index (κ1) is 24.8. The number of carbonyl (C=O) groups is 3. The Balaban J connectivity index is 0.000000451. The van der Waals surface area contributed by atoms with Gasteiger partial charge in [-0.15, -0.1) is 5.10 Å². The summed E-state index contributed by atoms with van der Waals surface area (Å²) in [5, 5.41) is 18.2. The van der Waals surface area contributed by atoms with E-state index >= 15 is 0 Å². The lowest BCUT2D eigenvalue weighted by Crippen LogP contribution is -2.46. The standard InChI is InChI=1S/C17H21N5O3.C2HF3O2/c1-13-16(17(24)21-9-7-18-8-10-21)19-20-22(13)11-15(23)25-12-14-5-3-2-4-6-14;3-2(4,5)1(6)7/h2-6,18H,7-12H2,1H3;(H,6,7). The van der Waals surface area contributed by atoms with Crippen LogP contribution in [0.2, 0.25) is 0 Å². The molecule has 1 aromatic heterocycles. The number of carboxylic acid groups (broad SMARTS) is 1. The number of nitrogens with zero attached hydrogens (tertiary/aromatic N) is 4. The Morgan fingerprint density at radius 3 is 2.31 bits per heavy atom. The van der Waals surface area contributed by atoms with E-state index in [4.69, 9.17) is 14.6 Å². The van der Waals surface area contributed by atoms with E-state index in [1.54, 1.807) is 11.8 Å². The van der Waals surface area contributed by atoms with Gasteiger partial charge in [-0.3, -0.25) is 9.59 Å². The van der Waals surface area contributed by atoms with Crippen molar-refractivity contribution in [2.75, 3.05) is 26.2 Å². The highest BCUT2D eigenvalue weighted by Crippen LogP contribution is 2.13. The third kappa shape index (κ3) is 7.34. The van der Waals surface area contributed by atoms with E-state index in [0.717, 1.165) is 18.7 Å². The predicted octanol–water partition coefficient (Wildman–Crippen LogP) is 1.01. The average molecular weight is 457 g/mol. The summed E-state index contributed by atoms with van der Waals surface area (Å²) in [7, 11) is 0. The van der Waals surface area contributed by atoms with Crippen LogP contribution in [-0.4, -0.2) is 75.2 Å². The number of hydrogen-bond acceptors (Lipinski definition) is 7. The van der Waals surface area contributed by atoms with Gasteiger partial charge in [-0.1, -0.05) is 35.5 Å². The smallest absolute Gasteiger partial charge is 0.475 e. The van der Waals surface area contributed by atoms with Crippen molar-refractivity contribution < 1.29 is 37.4 Å². The number of esters is 1. The van der Waals surface area contributed by atoms with Crippen molar-refractivity contribution in [2.24, 2.45) is 0 Å². The number of hydrogen-bond donors (Lipinski definition) is 2. The van der Waals surface area contributed by atoms with E-state index in [1.165, 1.54) is 4.68 Å². The molecule has 0 radical (unpaired) electrons. The van der Waals surface area contributed by atoms with E-state index in [1.807, 2.05) is 30.3 Å². The Kier molecular flexibility index (Phi) is 8.70. The number of carboxylic acids is 1. The topological polar surface area (TPSA) is 127 Å². The first-order valence-electron chi connectivity index (χ1n) is 9.49. The van der Waals surface area contributed by atoms with Crippen LogP contribution >= 0.6 is 0 Å². The first-order chi connectivity index (χ1) is 15.1. The lowest BCUT2D eigenvalue weighted by Gasteiger charge is -2.26. The van der Waals surface area contributed by atoms with Gasteiger partial charge in [0.15, 0.2) is 5.69 Å². The number of aliphatic carboxylic acids is 1. The van der Waals surface area contributed by atoms with Crippen molar-refractivity contribution in [2.45, 2.75) is 26.3 Å². The molecule has 32 heavy (non-hydrogen) atoms. The molecule has 0 aliphatic carbocycles. The SMILES string of the molecule is Cc1c(C(=O)N2CCNCC2)nnn1CC(=O)OCc1ccccc1.O=C(O)C(F)(F)F. The van der Waals surface area contributed by atoms with Crippen LogP contribution in [0.3, 0.4) is 0 Å². The monoisotopic (exact) mass is 457 g/mol. The van der Waals surface area contributed by atoms with Gasteiger partial charge in [-0.25, -0.2) is 9.48 Å². The molecule has 0 atom stereocenters. The van der Waals surface area contributed by atoms with Crippen LogP contribution in [-0.2, 0) is 27.5 Å². The Morgan fingerprint density at radius 1 is 1.16 bits per heavy atom. The zero-order chi connectivity index (χ0) is 23.7. The molecule has 0 bridgehead atoms. The Bertz CT molecular complexity index is 927. The number of amides is 1. The molecular weight excluding hydrogens is 435 g/mol. The molecule has 0 unspecified atom stereocenters. The molecule has 1 aromatic carbocycles. The minimum atomic E-state index is -5.08. The van der Waals surface area contributed by atoms with Crippen molar-refractivity contribution in [1.29, 1.82) is 0 Å². The molecule has 10 nitrogen and oxygen atoms in total. The van der Waals surface area contributed by atoms with Crippen LogP contribution in [0.15, 0.2) is 30.3 Å². The molecule has 174 valence electrons. The Morgan fingerprint density at radius 2 is 1.75 bits per heavy atom. The van der Waals surface area contributed by atoms with Crippen LogP contribution in [0.4, 0.5) is 13.2 Å². The number of benzene rings is 1. The summed E-state index contributed by atoms with van der Waals surface area (Å²) in [6.07, 6.45) is -5.08. The van der Waals surface area contributed by atoms with Crippen LogP contribution < -0.4 is 5.32 Å². The minimum absolute atomic E-state index is 0.0689. The second-order valence-electron chi connectivity index (χ2n) is 6.67. The molecule has 13 heteroatoms. The van der Waals surface area contributed by atoms with Gasteiger partial charge in [-0.2, -0.15) is 13.2 Å². The van der Waals surface area contributed by atoms with Crippen molar-refractivity contribution in [3.8, 4) is 0 Å². The van der Waals surface area contributed by atoms with Crippen LogP contribution in [0.5, 0.6) is 0 Å². The number of piperazine rings is 1. The molecule has 2 aromatic rings. The van der Waals surface area contributed by atoms with Crippen molar-refractivity contribution in [1.82, 2.24) is 25.2 Å². The molecule has 1 fully saturated rings. The fourth-order valence-corrected chi connectivity index (χ4v) is 2.63. The number of halogens is 3. The largest absolute Gasteiger partial charge is 0.490 e. The van der Waals surface area contributed by atoms with Crippen molar-refractivity contribution in [3.63, 3.8) is 0 Å². The zero-order valence-corrected chi connectivity index (χ0v) is 17.1. The van der Waals surface area contributed by atoms with Gasteiger partial charge in [0, 0.05) is 26.2 Å². The third-order valence-corrected chi connectivity index (χ3v) is 4.35. The van der Waals surface area contributed by atoms with Crippen LogP contribution in [0.1, 0.15) is 21.7 Å². The molecule has 3 rings (SSSR count). The summed E-state index contributed by atoms with van der Waals surface area (Å²) < 4.78 is 38.4. The van der Waals surface area contributed by atoms with Crippen molar-refractivity contribution in [3.05, 3.63) is 47.3 Å². The first-order valence-corrected chi connectivity index (χ1v) is 9.49. The van der Waals surface area contributed by atoms with E-state index in [2.05, 4.69) is 15.6 Å². The van der Waals surface area contributed by atoms with Gasteiger partial charge >= 0.3 is 18.1 Å². The number of ether oxygens (including phenoxy) is 1. The average Bonchev–Trinajstić information content (AvgIpc) is 3.13. The summed E-state index contributed by atoms with van der Waals surface area (Å²) >= 11 is 0. The van der Waals surface area contributed by atoms with E-state index in [0.29, 0.717) is 18.8 Å². The summed E-state index contributed by atoms with van der Waals surface area (Å²) in [6, 6.07) is 9.45. The Hall–Kier alpha value is -3.48. The minimum Gasteiger partial charge on any atom is -0.475 e. The molecule has 2 N–H and O–H groups in total. The van der Waals surface area contributed by atoms with E-state index < -0.39 is 18.1 Å². The van der Waals surface area contributed by atoms with Gasteiger partial charge in [-0.05, 0) is 12.5 Å². The number of nitrogens with one attached hydrogen (secondary N) is 1. The van der Waals surface area contributed by atoms with Gasteiger partial charge < -0.3 is 20.1 Å². The normalized spacial score (nSPS) is 13.7. The molecule has 1 saturated heterocycles. The predicted molar refractivity (Wildman–Crippen MR) is 103 cm³/mol. The second kappa shape index (κ2) is 11.2. The number of alkyl halides is 3. The summed E-state index contributed by atoms with van der Waals surface area (Å²) in [5.41, 5.74) is 1.78. The maximum Gasteiger partial charge on any atom is 0.490 e.